The summed E-state index contributed by atoms with van der Waals surface area (Å²) in [5, 5.41) is 3.18. The zero-order valence-corrected chi connectivity index (χ0v) is 15.3. The maximum atomic E-state index is 12.8. The van der Waals surface area contributed by atoms with Gasteiger partial charge >= 0.3 is 0 Å². The van der Waals surface area contributed by atoms with Crippen molar-refractivity contribution in [3.63, 3.8) is 0 Å². The fraction of sp³-hybridized carbons (Fsp3) is 0.286. The van der Waals surface area contributed by atoms with Crippen LogP contribution in [0.3, 0.4) is 0 Å². The second kappa shape index (κ2) is 6.28. The van der Waals surface area contributed by atoms with Crippen molar-refractivity contribution in [2.24, 2.45) is 0 Å². The summed E-state index contributed by atoms with van der Waals surface area (Å²) in [4.78, 5) is 12.8. The normalized spacial score (nSPS) is 15.1. The molecule has 0 spiro atoms. The molecule has 4 heteroatoms. The molecule has 130 valence electrons. The van der Waals surface area contributed by atoms with Gasteiger partial charge in [-0.15, -0.1) is 0 Å². The minimum Gasteiger partial charge on any atom is -0.497 e. The van der Waals surface area contributed by atoms with Gasteiger partial charge in [-0.2, -0.15) is 0 Å². The Hall–Kier alpha value is -2.75. The van der Waals surface area contributed by atoms with E-state index in [4.69, 9.17) is 9.47 Å². The van der Waals surface area contributed by atoms with Crippen molar-refractivity contribution >= 4 is 17.5 Å². The Morgan fingerprint density at radius 1 is 1.00 bits per heavy atom. The molecule has 0 amide bonds. The van der Waals surface area contributed by atoms with E-state index in [1.54, 1.807) is 26.4 Å². The number of benzene rings is 2. The number of carbonyl (C=O) groups is 1. The molecule has 4 nitrogen and oxygen atoms in total. The van der Waals surface area contributed by atoms with Gasteiger partial charge in [0.15, 0.2) is 0 Å². The highest BCUT2D eigenvalue weighted by Crippen LogP contribution is 2.39. The highest BCUT2D eigenvalue weighted by atomic mass is 16.5. The molecule has 1 N–H and O–H groups in total. The minimum atomic E-state index is -0.0746. The van der Waals surface area contributed by atoms with E-state index in [2.05, 4.69) is 38.2 Å². The van der Waals surface area contributed by atoms with E-state index in [0.717, 1.165) is 5.56 Å². The fourth-order valence-corrected chi connectivity index (χ4v) is 2.89. The van der Waals surface area contributed by atoms with Crippen molar-refractivity contribution in [3.05, 3.63) is 58.8 Å². The maximum absolute atomic E-state index is 12.8. The first kappa shape index (κ1) is 17.1. The molecule has 0 aliphatic carbocycles. The number of anilines is 1. The average molecular weight is 337 g/mol. The van der Waals surface area contributed by atoms with E-state index >= 15 is 0 Å². The van der Waals surface area contributed by atoms with Crippen molar-refractivity contribution in [2.75, 3.05) is 19.5 Å². The lowest BCUT2D eigenvalue weighted by molar-refractivity contribution is 0.104. The molecule has 1 aliphatic heterocycles. The Morgan fingerprint density at radius 3 is 2.24 bits per heavy atom. The Morgan fingerprint density at radius 2 is 1.68 bits per heavy atom. The SMILES string of the molecule is COc1cc2c(c(OC)c1)C(=O)/C(=C/c1ccc(C(C)(C)C)cc1)N2. The number of ketones is 1. The molecule has 1 heterocycles. The Balaban J connectivity index is 1.95. The lowest BCUT2D eigenvalue weighted by Gasteiger charge is -2.18. The van der Waals surface area contributed by atoms with E-state index in [0.29, 0.717) is 28.4 Å². The van der Waals surface area contributed by atoms with Gasteiger partial charge in [-0.25, -0.2) is 0 Å². The van der Waals surface area contributed by atoms with Gasteiger partial charge in [0.1, 0.15) is 11.5 Å². The number of fused-ring (bicyclic) bond motifs is 1. The van der Waals surface area contributed by atoms with Crippen LogP contribution in [0.1, 0.15) is 42.3 Å². The molecule has 25 heavy (non-hydrogen) atoms. The largest absolute Gasteiger partial charge is 0.497 e. The van der Waals surface area contributed by atoms with Crippen LogP contribution in [0, 0.1) is 0 Å². The van der Waals surface area contributed by atoms with Crippen LogP contribution < -0.4 is 14.8 Å². The number of methoxy groups -OCH3 is 2. The number of Topliss-reactive ketones (excluding diaryl/α,β-unsaturated/α-hetero) is 1. The number of carbonyl (C=O) groups excluding carboxylic acids is 1. The third-order valence-corrected chi connectivity index (χ3v) is 4.36. The number of allylic oxidation sites excluding steroid dienone is 1. The molecule has 0 saturated carbocycles. The van der Waals surface area contributed by atoms with Crippen molar-refractivity contribution in [1.82, 2.24) is 0 Å². The van der Waals surface area contributed by atoms with Gasteiger partial charge in [-0.1, -0.05) is 45.0 Å². The van der Waals surface area contributed by atoms with Gasteiger partial charge in [0.05, 0.1) is 31.2 Å². The number of hydrogen-bond acceptors (Lipinski definition) is 4. The molecule has 0 atom stereocenters. The quantitative estimate of drug-likeness (QED) is 0.828. The highest BCUT2D eigenvalue weighted by Gasteiger charge is 2.29. The van der Waals surface area contributed by atoms with Crippen molar-refractivity contribution in [1.29, 1.82) is 0 Å². The standard InChI is InChI=1S/C21H23NO3/c1-21(2,3)14-8-6-13(7-9-14)10-17-20(23)19-16(22-17)11-15(24-4)12-18(19)25-5/h6-12,22H,1-5H3/b17-10-. The van der Waals surface area contributed by atoms with E-state index in [1.165, 1.54) is 5.56 Å². The van der Waals surface area contributed by atoms with Crippen molar-refractivity contribution in [2.45, 2.75) is 26.2 Å². The summed E-state index contributed by atoms with van der Waals surface area (Å²) in [5.41, 5.74) is 4.12. The number of nitrogens with one attached hydrogen (secondary N) is 1. The summed E-state index contributed by atoms with van der Waals surface area (Å²) in [6.45, 7) is 6.54. The van der Waals surface area contributed by atoms with Crippen LogP contribution in [0.25, 0.3) is 6.08 Å². The molecule has 2 aromatic rings. The fourth-order valence-electron chi connectivity index (χ4n) is 2.89. The molecule has 1 aliphatic rings. The molecular weight excluding hydrogens is 314 g/mol. The first-order chi connectivity index (χ1) is 11.8. The third-order valence-electron chi connectivity index (χ3n) is 4.36. The first-order valence-corrected chi connectivity index (χ1v) is 8.23. The van der Waals surface area contributed by atoms with Gasteiger partial charge in [-0.05, 0) is 22.6 Å². The summed E-state index contributed by atoms with van der Waals surface area (Å²) in [7, 11) is 3.14. The van der Waals surface area contributed by atoms with Crippen LogP contribution in [0.4, 0.5) is 5.69 Å². The van der Waals surface area contributed by atoms with Gasteiger partial charge in [0.25, 0.3) is 0 Å². The molecule has 3 rings (SSSR count). The Kier molecular flexibility index (Phi) is 4.29. The molecular formula is C21H23NO3. The summed E-state index contributed by atoms with van der Waals surface area (Å²) in [6, 6.07) is 11.8. The van der Waals surface area contributed by atoms with Crippen molar-refractivity contribution in [3.8, 4) is 11.5 Å². The van der Waals surface area contributed by atoms with Crippen molar-refractivity contribution < 1.29 is 14.3 Å². The Labute approximate surface area is 148 Å². The second-order valence-corrected chi connectivity index (χ2v) is 7.14. The molecule has 0 radical (unpaired) electrons. The van der Waals surface area contributed by atoms with E-state index in [-0.39, 0.29) is 11.2 Å². The van der Waals surface area contributed by atoms with Gasteiger partial charge in [0.2, 0.25) is 5.78 Å². The van der Waals surface area contributed by atoms with E-state index in [9.17, 15) is 4.79 Å². The molecule has 0 aromatic heterocycles. The molecule has 0 bridgehead atoms. The molecule has 0 unspecified atom stereocenters. The van der Waals surface area contributed by atoms with Crippen LogP contribution in [-0.4, -0.2) is 20.0 Å². The molecule has 0 saturated heterocycles. The van der Waals surface area contributed by atoms with Crippen LogP contribution >= 0.6 is 0 Å². The predicted molar refractivity (Wildman–Crippen MR) is 101 cm³/mol. The summed E-state index contributed by atoms with van der Waals surface area (Å²) < 4.78 is 10.6. The smallest absolute Gasteiger partial charge is 0.215 e. The topological polar surface area (TPSA) is 47.6 Å². The minimum absolute atomic E-state index is 0.0746. The average Bonchev–Trinajstić information content (AvgIpc) is 2.89. The highest BCUT2D eigenvalue weighted by molar-refractivity contribution is 6.22. The lowest BCUT2D eigenvalue weighted by atomic mass is 9.86. The van der Waals surface area contributed by atoms with Gasteiger partial charge < -0.3 is 14.8 Å². The summed E-state index contributed by atoms with van der Waals surface area (Å²) >= 11 is 0. The first-order valence-electron chi connectivity index (χ1n) is 8.23. The molecule has 0 fully saturated rings. The van der Waals surface area contributed by atoms with Crippen LogP contribution in [0.2, 0.25) is 0 Å². The number of rotatable bonds is 3. The van der Waals surface area contributed by atoms with Gasteiger partial charge in [-0.3, -0.25) is 4.79 Å². The zero-order valence-electron chi connectivity index (χ0n) is 15.3. The maximum Gasteiger partial charge on any atom is 0.215 e. The second-order valence-electron chi connectivity index (χ2n) is 7.14. The van der Waals surface area contributed by atoms with Crippen LogP contribution in [-0.2, 0) is 5.41 Å². The Bertz CT molecular complexity index is 843. The van der Waals surface area contributed by atoms with E-state index in [1.807, 2.05) is 18.2 Å². The number of ether oxygens (including phenoxy) is 2. The summed E-state index contributed by atoms with van der Waals surface area (Å²) in [6.07, 6.45) is 1.86. The molecule has 2 aromatic carbocycles. The van der Waals surface area contributed by atoms with Crippen LogP contribution in [0.5, 0.6) is 11.5 Å². The number of hydrogen-bond donors (Lipinski definition) is 1. The van der Waals surface area contributed by atoms with E-state index < -0.39 is 0 Å². The monoisotopic (exact) mass is 337 g/mol. The zero-order chi connectivity index (χ0) is 18.2. The summed E-state index contributed by atoms with van der Waals surface area (Å²) in [5.74, 6) is 1.08. The van der Waals surface area contributed by atoms with Gasteiger partial charge in [0, 0.05) is 12.1 Å². The predicted octanol–water partition coefficient (Wildman–Crippen LogP) is 4.65. The third kappa shape index (κ3) is 3.25. The van der Waals surface area contributed by atoms with Crippen LogP contribution in [0.15, 0.2) is 42.1 Å². The lowest BCUT2D eigenvalue weighted by Crippen LogP contribution is -2.10.